The smallest absolute Gasteiger partial charge is 0.278 e. The fraction of sp³-hybridized carbons (Fsp3) is 0.250. The molecule has 0 unspecified atom stereocenters. The predicted molar refractivity (Wildman–Crippen MR) is 47.5 cm³/mol. The lowest BCUT2D eigenvalue weighted by Gasteiger charge is -1.88. The summed E-state index contributed by atoms with van der Waals surface area (Å²) in [7, 11) is 0. The highest BCUT2D eigenvalue weighted by atomic mass is 16.5. The number of hydrogen-bond donors (Lipinski definition) is 1. The third-order valence-corrected chi connectivity index (χ3v) is 1.68. The summed E-state index contributed by atoms with van der Waals surface area (Å²) in [6.07, 6.45) is 0.701. The molecule has 72 valence electrons. The first-order chi connectivity index (χ1) is 6.79. The molecule has 6 nitrogen and oxygen atoms in total. The highest BCUT2D eigenvalue weighted by Crippen LogP contribution is 2.11. The van der Waals surface area contributed by atoms with Gasteiger partial charge in [-0.05, 0) is 6.07 Å². The summed E-state index contributed by atoms with van der Waals surface area (Å²) in [4.78, 5) is 14.8. The van der Waals surface area contributed by atoms with Crippen molar-refractivity contribution < 1.29 is 4.52 Å². The minimum absolute atomic E-state index is 0.260. The zero-order valence-electron chi connectivity index (χ0n) is 7.52. The first-order valence-electron chi connectivity index (χ1n) is 4.18. The number of aromatic nitrogens is 4. The van der Waals surface area contributed by atoms with E-state index in [1.54, 1.807) is 0 Å². The van der Waals surface area contributed by atoms with Crippen molar-refractivity contribution in [2.75, 3.05) is 0 Å². The summed E-state index contributed by atoms with van der Waals surface area (Å²) in [5.74, 6) is 0.936. The van der Waals surface area contributed by atoms with E-state index in [2.05, 4.69) is 20.3 Å². The Bertz CT molecular complexity index is 468. The molecule has 0 amide bonds. The summed E-state index contributed by atoms with van der Waals surface area (Å²) < 4.78 is 4.94. The molecular formula is C8H8N4O2. The van der Waals surface area contributed by atoms with Gasteiger partial charge in [-0.25, -0.2) is 5.10 Å². The number of nitrogens with one attached hydrogen (secondary N) is 1. The Kier molecular flexibility index (Phi) is 2.10. The first kappa shape index (κ1) is 8.61. The molecule has 0 saturated heterocycles. The summed E-state index contributed by atoms with van der Waals surface area (Å²) in [5.41, 5.74) is 0.209. The molecule has 6 heteroatoms. The Morgan fingerprint density at radius 3 is 2.93 bits per heavy atom. The standard InChI is InChI=1S/C8H8N4O2/c1-2-6-9-8(14-12-6)5-3-4-7(13)11-10-5/h3-4H,2H2,1H3,(H,11,13). The Labute approximate surface area is 79.0 Å². The molecule has 0 aliphatic carbocycles. The van der Waals surface area contributed by atoms with E-state index < -0.39 is 0 Å². The lowest BCUT2D eigenvalue weighted by Crippen LogP contribution is -2.05. The lowest BCUT2D eigenvalue weighted by atomic mass is 10.4. The summed E-state index contributed by atoms with van der Waals surface area (Å²) >= 11 is 0. The molecule has 0 aromatic carbocycles. The van der Waals surface area contributed by atoms with Crippen molar-refractivity contribution in [1.82, 2.24) is 20.3 Å². The van der Waals surface area contributed by atoms with Gasteiger partial charge in [0, 0.05) is 12.5 Å². The van der Waals surface area contributed by atoms with Crippen LogP contribution in [0.3, 0.4) is 0 Å². The molecule has 0 spiro atoms. The molecular weight excluding hydrogens is 184 g/mol. The Hall–Kier alpha value is -1.98. The van der Waals surface area contributed by atoms with Gasteiger partial charge in [0.25, 0.3) is 11.4 Å². The van der Waals surface area contributed by atoms with Crippen LogP contribution in [-0.2, 0) is 6.42 Å². The number of nitrogens with zero attached hydrogens (tertiary/aromatic N) is 3. The lowest BCUT2D eigenvalue weighted by molar-refractivity contribution is 0.421. The largest absolute Gasteiger partial charge is 0.332 e. The average molecular weight is 192 g/mol. The molecule has 2 aromatic heterocycles. The molecule has 2 heterocycles. The van der Waals surface area contributed by atoms with Gasteiger partial charge in [-0.1, -0.05) is 12.1 Å². The third kappa shape index (κ3) is 1.54. The van der Waals surface area contributed by atoms with Gasteiger partial charge >= 0.3 is 0 Å². The molecule has 0 aliphatic rings. The first-order valence-corrected chi connectivity index (χ1v) is 4.18. The number of aromatic amines is 1. The van der Waals surface area contributed by atoms with E-state index >= 15 is 0 Å². The molecule has 0 fully saturated rings. The topological polar surface area (TPSA) is 84.7 Å². The zero-order chi connectivity index (χ0) is 9.97. The molecule has 0 radical (unpaired) electrons. The molecule has 0 bridgehead atoms. The van der Waals surface area contributed by atoms with E-state index in [0.29, 0.717) is 23.8 Å². The molecule has 2 aromatic rings. The highest BCUT2D eigenvalue weighted by Gasteiger charge is 2.08. The van der Waals surface area contributed by atoms with Crippen LogP contribution in [0.2, 0.25) is 0 Å². The van der Waals surface area contributed by atoms with Gasteiger partial charge in [0.15, 0.2) is 5.82 Å². The number of aryl methyl sites for hydroxylation is 1. The molecule has 0 saturated carbocycles. The van der Waals surface area contributed by atoms with Crippen LogP contribution in [0, 0.1) is 0 Å². The van der Waals surface area contributed by atoms with Gasteiger partial charge in [0.2, 0.25) is 0 Å². The summed E-state index contributed by atoms with van der Waals surface area (Å²) in [6.45, 7) is 1.93. The van der Waals surface area contributed by atoms with Crippen molar-refractivity contribution in [2.45, 2.75) is 13.3 Å². The Morgan fingerprint density at radius 2 is 2.36 bits per heavy atom. The van der Waals surface area contributed by atoms with Crippen LogP contribution in [0.25, 0.3) is 11.6 Å². The predicted octanol–water partition coefficient (Wildman–Crippen LogP) is 0.382. The van der Waals surface area contributed by atoms with Gasteiger partial charge in [-0.3, -0.25) is 4.79 Å². The maximum absolute atomic E-state index is 10.7. The van der Waals surface area contributed by atoms with E-state index in [0.717, 1.165) is 0 Å². The molecule has 1 N–H and O–H groups in total. The summed E-state index contributed by atoms with van der Waals surface area (Å²) in [6, 6.07) is 2.89. The van der Waals surface area contributed by atoms with Crippen LogP contribution in [-0.4, -0.2) is 20.3 Å². The van der Waals surface area contributed by atoms with Crippen LogP contribution in [0.4, 0.5) is 0 Å². The van der Waals surface area contributed by atoms with Crippen molar-refractivity contribution in [1.29, 1.82) is 0 Å². The van der Waals surface area contributed by atoms with Gasteiger partial charge in [-0.2, -0.15) is 10.1 Å². The second-order valence-electron chi connectivity index (χ2n) is 2.68. The van der Waals surface area contributed by atoms with Gasteiger partial charge in [0.05, 0.1) is 0 Å². The quantitative estimate of drug-likeness (QED) is 0.743. The normalized spacial score (nSPS) is 10.4. The Balaban J connectivity index is 2.39. The minimum Gasteiger partial charge on any atom is -0.332 e. The van der Waals surface area contributed by atoms with Crippen molar-refractivity contribution in [3.8, 4) is 11.6 Å². The third-order valence-electron chi connectivity index (χ3n) is 1.68. The number of H-pyrrole nitrogens is 1. The van der Waals surface area contributed by atoms with Crippen LogP contribution < -0.4 is 5.56 Å². The summed E-state index contributed by atoms with van der Waals surface area (Å²) in [5, 5.41) is 9.77. The van der Waals surface area contributed by atoms with E-state index in [1.807, 2.05) is 6.92 Å². The van der Waals surface area contributed by atoms with Crippen LogP contribution >= 0.6 is 0 Å². The van der Waals surface area contributed by atoms with Crippen LogP contribution in [0.5, 0.6) is 0 Å². The molecule has 14 heavy (non-hydrogen) atoms. The molecule has 2 rings (SSSR count). The second kappa shape index (κ2) is 3.41. The van der Waals surface area contributed by atoms with E-state index in [9.17, 15) is 4.79 Å². The molecule has 0 atom stereocenters. The van der Waals surface area contributed by atoms with Crippen molar-refractivity contribution >= 4 is 0 Å². The van der Waals surface area contributed by atoms with Crippen molar-refractivity contribution in [3.63, 3.8) is 0 Å². The maximum atomic E-state index is 10.7. The molecule has 0 aliphatic heterocycles. The van der Waals surface area contributed by atoms with E-state index in [1.165, 1.54) is 12.1 Å². The van der Waals surface area contributed by atoms with Crippen molar-refractivity contribution in [3.05, 3.63) is 28.3 Å². The highest BCUT2D eigenvalue weighted by molar-refractivity contribution is 5.44. The van der Waals surface area contributed by atoms with E-state index in [4.69, 9.17) is 4.52 Å². The fourth-order valence-electron chi connectivity index (χ4n) is 0.965. The monoisotopic (exact) mass is 192 g/mol. The van der Waals surface area contributed by atoms with E-state index in [-0.39, 0.29) is 5.56 Å². The Morgan fingerprint density at radius 1 is 1.50 bits per heavy atom. The van der Waals surface area contributed by atoms with Gasteiger partial charge < -0.3 is 4.52 Å². The van der Waals surface area contributed by atoms with Gasteiger partial charge in [-0.15, -0.1) is 0 Å². The van der Waals surface area contributed by atoms with Crippen molar-refractivity contribution in [2.24, 2.45) is 0 Å². The minimum atomic E-state index is -0.260. The number of rotatable bonds is 2. The number of hydrogen-bond acceptors (Lipinski definition) is 5. The zero-order valence-corrected chi connectivity index (χ0v) is 7.52. The van der Waals surface area contributed by atoms with Crippen LogP contribution in [0.15, 0.2) is 21.5 Å². The van der Waals surface area contributed by atoms with Crippen LogP contribution in [0.1, 0.15) is 12.7 Å². The SMILES string of the molecule is CCc1noc(-c2ccc(=O)[nH]n2)n1. The average Bonchev–Trinajstić information content (AvgIpc) is 2.67. The van der Waals surface area contributed by atoms with Gasteiger partial charge in [0.1, 0.15) is 5.69 Å². The second-order valence-corrected chi connectivity index (χ2v) is 2.68. The maximum Gasteiger partial charge on any atom is 0.278 e. The fourth-order valence-corrected chi connectivity index (χ4v) is 0.965.